The molecule has 0 radical (unpaired) electrons. The van der Waals surface area contributed by atoms with Gasteiger partial charge in [-0.05, 0) is 48.2 Å². The van der Waals surface area contributed by atoms with Crippen LogP contribution < -0.4 is 9.47 Å². The van der Waals surface area contributed by atoms with Crippen molar-refractivity contribution >= 4 is 0 Å². The molecular weight excluding hydrogens is 252 g/mol. The van der Waals surface area contributed by atoms with Gasteiger partial charge in [0.15, 0.2) is 0 Å². The molecule has 0 bridgehead atoms. The van der Waals surface area contributed by atoms with Gasteiger partial charge in [0.1, 0.15) is 11.5 Å². The van der Waals surface area contributed by atoms with Gasteiger partial charge in [-0.15, -0.1) is 10.5 Å². The van der Waals surface area contributed by atoms with Crippen LogP contribution in [-0.2, 0) is 12.8 Å². The number of ether oxygens (including phenoxy) is 2. The zero-order valence-electron chi connectivity index (χ0n) is 10.7. The van der Waals surface area contributed by atoms with Crippen molar-refractivity contribution in [3.63, 3.8) is 0 Å². The van der Waals surface area contributed by atoms with Crippen LogP contribution in [0.25, 0.3) is 0 Å². The Kier molecular flexibility index (Phi) is 4.59. The highest BCUT2D eigenvalue weighted by Crippen LogP contribution is 2.16. The predicted molar refractivity (Wildman–Crippen MR) is 72.8 cm³/mol. The van der Waals surface area contributed by atoms with E-state index in [9.17, 15) is 0 Å². The van der Waals surface area contributed by atoms with Crippen LogP contribution in [0.15, 0.2) is 48.5 Å². The third-order valence-electron chi connectivity index (χ3n) is 2.88. The number of nitrogens with zero attached hydrogens (tertiary/aromatic N) is 2. The Hall–Kier alpha value is -2.98. The van der Waals surface area contributed by atoms with E-state index < -0.39 is 0 Å². The van der Waals surface area contributed by atoms with Crippen molar-refractivity contribution in [2.24, 2.45) is 0 Å². The van der Waals surface area contributed by atoms with Crippen LogP contribution in [0.1, 0.15) is 11.1 Å². The van der Waals surface area contributed by atoms with E-state index in [1.54, 1.807) is 36.8 Å². The molecule has 0 saturated heterocycles. The minimum absolute atomic E-state index is 0.550. The topological polar surface area (TPSA) is 66.0 Å². The molecule has 2 aromatic carbocycles. The zero-order chi connectivity index (χ0) is 14.2. The summed E-state index contributed by atoms with van der Waals surface area (Å²) in [7, 11) is 0. The first kappa shape index (κ1) is 13.5. The smallest absolute Gasteiger partial charge is 0.292 e. The molecule has 4 nitrogen and oxygen atoms in total. The molecule has 0 aliphatic heterocycles. The molecule has 0 aromatic heterocycles. The van der Waals surface area contributed by atoms with E-state index in [4.69, 9.17) is 20.0 Å². The molecule has 0 spiro atoms. The number of nitriles is 2. The normalized spacial score (nSPS) is 9.30. The molecule has 0 heterocycles. The summed E-state index contributed by atoms with van der Waals surface area (Å²) >= 11 is 0. The molecule has 0 amide bonds. The van der Waals surface area contributed by atoms with Gasteiger partial charge in [0, 0.05) is 0 Å². The molecule has 98 valence electrons. The van der Waals surface area contributed by atoms with E-state index in [0.29, 0.717) is 11.5 Å². The molecule has 0 N–H and O–H groups in total. The number of aryl methyl sites for hydroxylation is 2. The first-order chi connectivity index (χ1) is 9.81. The van der Waals surface area contributed by atoms with E-state index in [1.165, 1.54) is 11.1 Å². The lowest BCUT2D eigenvalue weighted by molar-refractivity contribution is 0.506. The molecule has 0 fully saturated rings. The number of hydrogen-bond donors (Lipinski definition) is 0. The van der Waals surface area contributed by atoms with Gasteiger partial charge >= 0.3 is 0 Å². The molecule has 0 saturated carbocycles. The van der Waals surface area contributed by atoms with Crippen LogP contribution in [0.2, 0.25) is 0 Å². The second kappa shape index (κ2) is 6.82. The summed E-state index contributed by atoms with van der Waals surface area (Å²) in [5.74, 6) is 1.10. The van der Waals surface area contributed by atoms with Crippen molar-refractivity contribution in [3.05, 3.63) is 59.7 Å². The molecule has 0 aliphatic carbocycles. The molecule has 2 rings (SSSR count). The van der Waals surface area contributed by atoms with Gasteiger partial charge in [-0.25, -0.2) is 0 Å². The van der Waals surface area contributed by atoms with E-state index in [-0.39, 0.29) is 0 Å². The largest absolute Gasteiger partial charge is 0.388 e. The quantitative estimate of drug-likeness (QED) is 0.778. The maximum Gasteiger partial charge on any atom is 0.292 e. The molecule has 0 aliphatic rings. The standard InChI is InChI=1S/C16H12N2O2/c17-11-19-15-7-3-13(4-8-15)1-2-14-5-9-16(10-6-14)20-12-18/h3-10H,1-2H2. The number of rotatable bonds is 5. The van der Waals surface area contributed by atoms with E-state index in [1.807, 2.05) is 24.3 Å². The van der Waals surface area contributed by atoms with Crippen molar-refractivity contribution in [3.8, 4) is 24.0 Å². The van der Waals surface area contributed by atoms with Crippen LogP contribution >= 0.6 is 0 Å². The maximum absolute atomic E-state index is 8.40. The maximum atomic E-state index is 8.40. The van der Waals surface area contributed by atoms with Crippen molar-refractivity contribution in [2.45, 2.75) is 12.8 Å². The second-order valence-corrected chi connectivity index (χ2v) is 4.17. The lowest BCUT2D eigenvalue weighted by Gasteiger charge is -2.04. The molecule has 20 heavy (non-hydrogen) atoms. The third kappa shape index (κ3) is 3.76. The Morgan fingerprint density at radius 3 is 1.30 bits per heavy atom. The first-order valence-corrected chi connectivity index (χ1v) is 6.11. The Morgan fingerprint density at radius 2 is 1.00 bits per heavy atom. The highest BCUT2D eigenvalue weighted by atomic mass is 16.5. The van der Waals surface area contributed by atoms with Gasteiger partial charge in [0.05, 0.1) is 0 Å². The fraction of sp³-hybridized carbons (Fsp3) is 0.125. The fourth-order valence-electron chi connectivity index (χ4n) is 1.84. The van der Waals surface area contributed by atoms with Crippen molar-refractivity contribution in [1.82, 2.24) is 0 Å². The lowest BCUT2D eigenvalue weighted by Crippen LogP contribution is -1.92. The average molecular weight is 264 g/mol. The summed E-state index contributed by atoms with van der Waals surface area (Å²) in [6.45, 7) is 0. The minimum atomic E-state index is 0.550. The molecule has 0 atom stereocenters. The Bertz CT molecular complexity index is 575. The third-order valence-corrected chi connectivity index (χ3v) is 2.88. The van der Waals surface area contributed by atoms with Crippen molar-refractivity contribution in [2.75, 3.05) is 0 Å². The number of hydrogen-bond acceptors (Lipinski definition) is 4. The first-order valence-electron chi connectivity index (χ1n) is 6.11. The van der Waals surface area contributed by atoms with Gasteiger partial charge in [-0.2, -0.15) is 0 Å². The van der Waals surface area contributed by atoms with Crippen LogP contribution in [0, 0.1) is 23.0 Å². The van der Waals surface area contributed by atoms with E-state index >= 15 is 0 Å². The highest BCUT2D eigenvalue weighted by molar-refractivity contribution is 5.31. The number of benzene rings is 2. The zero-order valence-corrected chi connectivity index (χ0v) is 10.7. The van der Waals surface area contributed by atoms with Crippen LogP contribution in [0.4, 0.5) is 0 Å². The lowest BCUT2D eigenvalue weighted by atomic mass is 10.0. The summed E-state index contributed by atoms with van der Waals surface area (Å²) in [6, 6.07) is 14.9. The molecular formula is C16H12N2O2. The molecule has 4 heteroatoms. The predicted octanol–water partition coefficient (Wildman–Crippen LogP) is 3.19. The van der Waals surface area contributed by atoms with Crippen LogP contribution in [0.5, 0.6) is 11.5 Å². The molecule has 2 aromatic rings. The SMILES string of the molecule is N#COc1ccc(CCc2ccc(OC#N)cc2)cc1. The Morgan fingerprint density at radius 1 is 0.650 bits per heavy atom. The monoisotopic (exact) mass is 264 g/mol. The van der Waals surface area contributed by atoms with Gasteiger partial charge in [0.25, 0.3) is 12.5 Å². The van der Waals surface area contributed by atoms with Gasteiger partial charge in [0.2, 0.25) is 0 Å². The van der Waals surface area contributed by atoms with E-state index in [2.05, 4.69) is 0 Å². The van der Waals surface area contributed by atoms with Gasteiger partial charge in [-0.3, -0.25) is 0 Å². The summed E-state index contributed by atoms with van der Waals surface area (Å²) < 4.78 is 9.45. The Balaban J connectivity index is 1.91. The molecule has 0 unspecified atom stereocenters. The summed E-state index contributed by atoms with van der Waals surface area (Å²) in [5.41, 5.74) is 2.35. The summed E-state index contributed by atoms with van der Waals surface area (Å²) in [6.07, 6.45) is 5.07. The summed E-state index contributed by atoms with van der Waals surface area (Å²) in [5, 5.41) is 16.8. The summed E-state index contributed by atoms with van der Waals surface area (Å²) in [4.78, 5) is 0. The second-order valence-electron chi connectivity index (χ2n) is 4.17. The minimum Gasteiger partial charge on any atom is -0.388 e. The van der Waals surface area contributed by atoms with Gasteiger partial charge < -0.3 is 9.47 Å². The van der Waals surface area contributed by atoms with E-state index in [0.717, 1.165) is 12.8 Å². The fourth-order valence-corrected chi connectivity index (χ4v) is 1.84. The average Bonchev–Trinajstić information content (AvgIpc) is 2.49. The van der Waals surface area contributed by atoms with Crippen molar-refractivity contribution < 1.29 is 9.47 Å². The van der Waals surface area contributed by atoms with Crippen LogP contribution in [0.3, 0.4) is 0 Å². The van der Waals surface area contributed by atoms with Gasteiger partial charge in [-0.1, -0.05) is 24.3 Å². The Labute approximate surface area is 117 Å². The highest BCUT2D eigenvalue weighted by Gasteiger charge is 1.99. The van der Waals surface area contributed by atoms with Crippen LogP contribution in [-0.4, -0.2) is 0 Å². The van der Waals surface area contributed by atoms with Crippen molar-refractivity contribution in [1.29, 1.82) is 10.5 Å².